The van der Waals surface area contributed by atoms with E-state index in [4.69, 9.17) is 0 Å². The summed E-state index contributed by atoms with van der Waals surface area (Å²) in [4.78, 5) is 0. The van der Waals surface area contributed by atoms with Gasteiger partial charge in [-0.15, -0.1) is 0 Å². The first kappa shape index (κ1) is 4.72. The lowest BCUT2D eigenvalue weighted by Gasteiger charge is -1.58. The molecule has 0 spiro atoms. The van der Waals surface area contributed by atoms with Crippen LogP contribution in [0.1, 0.15) is 5.56 Å². The molecule has 1 aromatic rings. The molecule has 1 heterocycles. The summed E-state index contributed by atoms with van der Waals surface area (Å²) < 4.78 is 4.61. The van der Waals surface area contributed by atoms with Crippen LogP contribution in [0.5, 0.6) is 0 Å². The highest BCUT2D eigenvalue weighted by atomic mass is 16.4. The minimum atomic E-state index is 0.569. The zero-order valence-corrected chi connectivity index (χ0v) is 4.00. The monoisotopic (exact) mass is 109 g/mol. The SMILES string of the molecule is [O-][N+]#Cc1ccoc1. The van der Waals surface area contributed by atoms with Gasteiger partial charge in [0, 0.05) is 5.01 Å². The van der Waals surface area contributed by atoms with Gasteiger partial charge in [0.1, 0.15) is 11.8 Å². The summed E-state index contributed by atoms with van der Waals surface area (Å²) in [5.74, 6) is 0. The third-order valence-electron chi connectivity index (χ3n) is 0.696. The van der Waals surface area contributed by atoms with Crippen molar-refractivity contribution in [2.75, 3.05) is 0 Å². The molecule has 8 heavy (non-hydrogen) atoms. The lowest BCUT2D eigenvalue weighted by molar-refractivity contribution is 0.566. The Hall–Kier alpha value is -1.43. The van der Waals surface area contributed by atoms with Crippen LogP contribution in [-0.2, 0) is 0 Å². The van der Waals surface area contributed by atoms with Crippen molar-refractivity contribution in [1.82, 2.24) is 0 Å². The Labute approximate surface area is 45.9 Å². The van der Waals surface area contributed by atoms with E-state index in [9.17, 15) is 5.21 Å². The van der Waals surface area contributed by atoms with E-state index in [-0.39, 0.29) is 0 Å². The van der Waals surface area contributed by atoms with Crippen LogP contribution in [0.15, 0.2) is 23.0 Å². The summed E-state index contributed by atoms with van der Waals surface area (Å²) >= 11 is 0. The molecule has 0 fully saturated rings. The van der Waals surface area contributed by atoms with Crippen LogP contribution in [0.25, 0.3) is 5.01 Å². The summed E-state index contributed by atoms with van der Waals surface area (Å²) in [5, 5.41) is 11.9. The molecular weight excluding hydrogens is 106 g/mol. The lowest BCUT2D eigenvalue weighted by Crippen LogP contribution is -1.56. The summed E-state index contributed by atoms with van der Waals surface area (Å²) in [7, 11) is 0. The molecule has 0 N–H and O–H groups in total. The summed E-state index contributed by atoms with van der Waals surface area (Å²) in [5.41, 5.74) is 0.569. The topological polar surface area (TPSA) is 40.6 Å². The molecule has 0 amide bonds. The second kappa shape index (κ2) is 2.03. The number of rotatable bonds is 0. The Morgan fingerprint density at radius 1 is 1.75 bits per heavy atom. The molecular formula is C5H3NO2. The Morgan fingerprint density at radius 3 is 3.12 bits per heavy atom. The highest BCUT2D eigenvalue weighted by Gasteiger charge is 1.91. The predicted octanol–water partition coefficient (Wildman–Crippen LogP) is 1.46. The summed E-state index contributed by atoms with van der Waals surface area (Å²) in [6.07, 6.45) is 2.84. The number of hydrogen-bond acceptors (Lipinski definition) is 2. The van der Waals surface area contributed by atoms with Crippen molar-refractivity contribution >= 4 is 0 Å². The Kier molecular flexibility index (Phi) is 1.20. The zero-order chi connectivity index (χ0) is 5.82. The van der Waals surface area contributed by atoms with E-state index < -0.39 is 0 Å². The molecule has 0 aromatic carbocycles. The molecule has 1 aromatic heterocycles. The Morgan fingerprint density at radius 2 is 2.62 bits per heavy atom. The van der Waals surface area contributed by atoms with Gasteiger partial charge >= 0.3 is 6.07 Å². The van der Waals surface area contributed by atoms with Crippen molar-refractivity contribution in [2.24, 2.45) is 0 Å². The van der Waals surface area contributed by atoms with E-state index in [1.165, 1.54) is 12.5 Å². The van der Waals surface area contributed by atoms with Crippen LogP contribution in [0, 0.1) is 11.3 Å². The second-order valence-electron chi connectivity index (χ2n) is 1.22. The quantitative estimate of drug-likeness (QED) is 0.473. The smallest absolute Gasteiger partial charge is 0.340 e. The fraction of sp³-hybridized carbons (Fsp3) is 0. The molecule has 3 nitrogen and oxygen atoms in total. The summed E-state index contributed by atoms with van der Waals surface area (Å²) in [6.45, 7) is 0. The van der Waals surface area contributed by atoms with Gasteiger partial charge in [-0.25, -0.2) is 0 Å². The normalized spacial score (nSPS) is 7.50. The molecule has 1 rings (SSSR count). The zero-order valence-electron chi connectivity index (χ0n) is 4.00. The minimum absolute atomic E-state index is 0.569. The van der Waals surface area contributed by atoms with Gasteiger partial charge < -0.3 is 9.62 Å². The van der Waals surface area contributed by atoms with Gasteiger partial charge in [-0.3, -0.25) is 0 Å². The average molecular weight is 109 g/mol. The molecule has 0 saturated heterocycles. The van der Waals surface area contributed by atoms with Gasteiger partial charge in [-0.1, -0.05) is 0 Å². The first-order chi connectivity index (χ1) is 3.93. The van der Waals surface area contributed by atoms with Crippen molar-refractivity contribution in [3.8, 4) is 6.07 Å². The molecule has 0 aliphatic carbocycles. The van der Waals surface area contributed by atoms with E-state index in [0.29, 0.717) is 5.56 Å². The van der Waals surface area contributed by atoms with Crippen LogP contribution < -0.4 is 0 Å². The van der Waals surface area contributed by atoms with Gasteiger partial charge in [0.2, 0.25) is 0 Å². The minimum Gasteiger partial charge on any atom is -0.498 e. The van der Waals surface area contributed by atoms with Crippen molar-refractivity contribution in [2.45, 2.75) is 0 Å². The van der Waals surface area contributed by atoms with Crippen molar-refractivity contribution in [1.29, 1.82) is 0 Å². The van der Waals surface area contributed by atoms with Crippen LogP contribution in [0.2, 0.25) is 0 Å². The van der Waals surface area contributed by atoms with Crippen LogP contribution in [-0.4, -0.2) is 0 Å². The van der Waals surface area contributed by atoms with E-state index in [2.05, 4.69) is 15.5 Å². The largest absolute Gasteiger partial charge is 0.498 e. The van der Waals surface area contributed by atoms with E-state index >= 15 is 0 Å². The van der Waals surface area contributed by atoms with Gasteiger partial charge in [-0.2, -0.15) is 0 Å². The number of nitrogens with zero attached hydrogens (tertiary/aromatic N) is 1. The van der Waals surface area contributed by atoms with Gasteiger partial charge in [0.15, 0.2) is 0 Å². The molecule has 0 unspecified atom stereocenters. The maximum absolute atomic E-state index is 9.47. The summed E-state index contributed by atoms with van der Waals surface area (Å²) in [6, 6.07) is 3.76. The maximum atomic E-state index is 9.47. The third-order valence-corrected chi connectivity index (χ3v) is 0.696. The highest BCUT2D eigenvalue weighted by Crippen LogP contribution is 1.95. The van der Waals surface area contributed by atoms with E-state index in [1.54, 1.807) is 6.07 Å². The third kappa shape index (κ3) is 0.793. The number of hydrogen-bond donors (Lipinski definition) is 0. The van der Waals surface area contributed by atoms with Gasteiger partial charge in [0.05, 0.1) is 6.26 Å². The standard InChI is InChI=1S/C5H3NO2/c7-6-3-5-1-2-8-4-5/h1-2,4H. The van der Waals surface area contributed by atoms with E-state index in [1.807, 2.05) is 0 Å². The first-order valence-electron chi connectivity index (χ1n) is 2.04. The molecule has 0 atom stereocenters. The lowest BCUT2D eigenvalue weighted by atomic mass is 10.4. The molecule has 0 radical (unpaired) electrons. The van der Waals surface area contributed by atoms with Crippen LogP contribution in [0.3, 0.4) is 0 Å². The van der Waals surface area contributed by atoms with Crippen molar-refractivity contribution in [3.05, 3.63) is 34.4 Å². The van der Waals surface area contributed by atoms with Crippen LogP contribution >= 0.6 is 0 Å². The van der Waals surface area contributed by atoms with Crippen LogP contribution in [0.4, 0.5) is 0 Å². The van der Waals surface area contributed by atoms with Crippen molar-refractivity contribution < 1.29 is 4.42 Å². The molecule has 0 aliphatic rings. The predicted molar refractivity (Wildman–Crippen MR) is 28.4 cm³/mol. The highest BCUT2D eigenvalue weighted by molar-refractivity contribution is 5.26. The molecule has 0 aliphatic heterocycles. The fourth-order valence-corrected chi connectivity index (χ4v) is 0.381. The molecule has 0 bridgehead atoms. The second-order valence-corrected chi connectivity index (χ2v) is 1.22. The van der Waals surface area contributed by atoms with Gasteiger partial charge in [0.25, 0.3) is 0 Å². The molecule has 3 heteroatoms. The number of furan rings is 1. The van der Waals surface area contributed by atoms with Gasteiger partial charge in [-0.05, 0) is 6.07 Å². The fourth-order valence-electron chi connectivity index (χ4n) is 0.381. The van der Waals surface area contributed by atoms with Crippen molar-refractivity contribution in [3.63, 3.8) is 0 Å². The Bertz CT molecular complexity index is 204. The Balaban J connectivity index is 2.88. The van der Waals surface area contributed by atoms with E-state index in [0.717, 1.165) is 0 Å². The maximum Gasteiger partial charge on any atom is 0.340 e. The average Bonchev–Trinajstić information content (AvgIpc) is 2.19. The molecule has 0 saturated carbocycles. The molecule has 40 valence electrons. The first-order valence-corrected chi connectivity index (χ1v) is 2.04.